The molecule has 0 spiro atoms. The molecule has 0 bridgehead atoms. The molecule has 1 N–H and O–H groups in total. The number of fused-ring (bicyclic) bond motifs is 2. The molecular weight excluding hydrogens is 528 g/mol. The number of rotatable bonds is 6. The molecule has 9 heteroatoms. The summed E-state index contributed by atoms with van der Waals surface area (Å²) in [6.07, 6.45) is 0. The summed E-state index contributed by atoms with van der Waals surface area (Å²) >= 11 is 0. The Morgan fingerprint density at radius 1 is 0.537 bits per heavy atom. The number of hydrogen-bond donors (Lipinski definition) is 1. The van der Waals surface area contributed by atoms with Gasteiger partial charge < -0.3 is 24.1 Å². The van der Waals surface area contributed by atoms with E-state index in [2.05, 4.69) is 0 Å². The fraction of sp³-hybridized carbons (Fsp3) is 0.0625. The predicted molar refractivity (Wildman–Crippen MR) is 149 cm³/mol. The summed E-state index contributed by atoms with van der Waals surface area (Å²) in [5, 5.41) is 12.3. The van der Waals surface area contributed by atoms with Gasteiger partial charge in [-0.25, -0.2) is 9.59 Å². The highest BCUT2D eigenvalue weighted by Crippen LogP contribution is 2.44. The Morgan fingerprint density at radius 2 is 1.02 bits per heavy atom. The average molecular weight is 551 g/mol. The van der Waals surface area contributed by atoms with Crippen LogP contribution in [0.4, 0.5) is 0 Å². The molecule has 0 aliphatic rings. The summed E-state index contributed by atoms with van der Waals surface area (Å²) in [5.41, 5.74) is -0.0368. The van der Waals surface area contributed by atoms with Gasteiger partial charge in [-0.1, -0.05) is 48.5 Å². The molecule has 0 radical (unpaired) electrons. The van der Waals surface area contributed by atoms with Crippen molar-refractivity contribution in [2.45, 2.75) is 13.8 Å². The Labute approximate surface area is 233 Å². The Kier molecular flexibility index (Phi) is 7.34. The minimum Gasteiger partial charge on any atom is -0.507 e. The lowest BCUT2D eigenvalue weighted by Gasteiger charge is -2.16. The second kappa shape index (κ2) is 11.2. The first kappa shape index (κ1) is 26.9. The maximum Gasteiger partial charge on any atom is 0.347 e. The molecular formula is C32H22O9. The molecule has 204 valence electrons. The number of aromatic hydroxyl groups is 1. The van der Waals surface area contributed by atoms with Crippen LogP contribution >= 0.6 is 0 Å². The lowest BCUT2D eigenvalue weighted by molar-refractivity contribution is -0.132. The van der Waals surface area contributed by atoms with Crippen molar-refractivity contribution in [3.63, 3.8) is 0 Å². The first-order chi connectivity index (χ1) is 19.7. The number of phenolic OH excluding ortho intramolecular Hbond substituents is 1. The van der Waals surface area contributed by atoms with Gasteiger partial charge in [0.2, 0.25) is 0 Å². The monoisotopic (exact) mass is 550 g/mol. The van der Waals surface area contributed by atoms with Gasteiger partial charge in [0.1, 0.15) is 34.1 Å². The number of esters is 4. The average Bonchev–Trinajstić information content (AvgIpc) is 2.93. The van der Waals surface area contributed by atoms with Gasteiger partial charge in [0.15, 0.2) is 5.75 Å². The van der Waals surface area contributed by atoms with Gasteiger partial charge >= 0.3 is 23.9 Å². The van der Waals surface area contributed by atoms with Crippen molar-refractivity contribution < 1.29 is 43.2 Å². The van der Waals surface area contributed by atoms with E-state index in [-0.39, 0.29) is 50.6 Å². The van der Waals surface area contributed by atoms with Crippen LogP contribution in [-0.2, 0) is 9.59 Å². The maximum atomic E-state index is 13.5. The van der Waals surface area contributed by atoms with Crippen molar-refractivity contribution in [1.29, 1.82) is 0 Å². The number of ether oxygens (including phenoxy) is 4. The fourth-order valence-electron chi connectivity index (χ4n) is 4.38. The first-order valence-electron chi connectivity index (χ1n) is 12.4. The molecule has 0 aliphatic heterocycles. The molecule has 0 saturated heterocycles. The molecule has 0 saturated carbocycles. The molecule has 5 rings (SSSR count). The van der Waals surface area contributed by atoms with Crippen molar-refractivity contribution in [2.75, 3.05) is 0 Å². The minimum atomic E-state index is -0.875. The van der Waals surface area contributed by atoms with E-state index in [0.717, 1.165) is 0 Å². The third-order valence-electron chi connectivity index (χ3n) is 6.02. The molecule has 0 aromatic heterocycles. The van der Waals surface area contributed by atoms with E-state index in [9.17, 15) is 24.3 Å². The number of carbonyl (C=O) groups excluding carboxylic acids is 4. The van der Waals surface area contributed by atoms with Gasteiger partial charge in [0.25, 0.3) is 0 Å². The van der Waals surface area contributed by atoms with E-state index < -0.39 is 23.9 Å². The van der Waals surface area contributed by atoms with E-state index in [4.69, 9.17) is 18.9 Å². The van der Waals surface area contributed by atoms with Crippen LogP contribution in [-0.4, -0.2) is 29.0 Å². The quantitative estimate of drug-likeness (QED) is 0.154. The fourth-order valence-corrected chi connectivity index (χ4v) is 4.38. The molecule has 0 amide bonds. The Hall–Kier alpha value is -5.70. The van der Waals surface area contributed by atoms with Crippen LogP contribution in [0.3, 0.4) is 0 Å². The molecule has 0 fully saturated rings. The smallest absolute Gasteiger partial charge is 0.347 e. The highest BCUT2D eigenvalue weighted by molar-refractivity contribution is 6.12. The lowest BCUT2D eigenvalue weighted by Crippen LogP contribution is -2.14. The summed E-state index contributed by atoms with van der Waals surface area (Å²) < 4.78 is 22.0. The molecule has 0 heterocycles. The van der Waals surface area contributed by atoms with Crippen LogP contribution in [0, 0.1) is 0 Å². The van der Waals surface area contributed by atoms with Crippen molar-refractivity contribution in [1.82, 2.24) is 0 Å². The highest BCUT2D eigenvalue weighted by atomic mass is 16.6. The summed E-state index contributed by atoms with van der Waals surface area (Å²) in [6.45, 7) is 2.42. The third-order valence-corrected chi connectivity index (χ3v) is 6.02. The van der Waals surface area contributed by atoms with Gasteiger partial charge in [0.05, 0.1) is 10.8 Å². The zero-order valence-electron chi connectivity index (χ0n) is 21.9. The molecule has 41 heavy (non-hydrogen) atoms. The van der Waals surface area contributed by atoms with Crippen LogP contribution in [0.25, 0.3) is 21.5 Å². The molecule has 9 nitrogen and oxygen atoms in total. The third kappa shape index (κ3) is 5.55. The number of hydrogen-bond acceptors (Lipinski definition) is 9. The number of para-hydroxylation sites is 2. The van der Waals surface area contributed by atoms with Gasteiger partial charge in [-0.2, -0.15) is 0 Å². The van der Waals surface area contributed by atoms with E-state index >= 15 is 0 Å². The van der Waals surface area contributed by atoms with Crippen LogP contribution in [0.15, 0.2) is 91.0 Å². The van der Waals surface area contributed by atoms with Crippen LogP contribution < -0.4 is 18.9 Å². The maximum absolute atomic E-state index is 13.5. The molecule has 5 aromatic carbocycles. The zero-order chi connectivity index (χ0) is 29.1. The lowest BCUT2D eigenvalue weighted by atomic mass is 10.0. The Morgan fingerprint density at radius 3 is 1.61 bits per heavy atom. The largest absolute Gasteiger partial charge is 0.507 e. The van der Waals surface area contributed by atoms with Crippen LogP contribution in [0.1, 0.15) is 34.6 Å². The van der Waals surface area contributed by atoms with E-state index in [1.165, 1.54) is 50.2 Å². The number of carbonyl (C=O) groups is 4. The molecule has 0 atom stereocenters. The highest BCUT2D eigenvalue weighted by Gasteiger charge is 2.24. The number of phenols is 1. The summed E-state index contributed by atoms with van der Waals surface area (Å²) in [7, 11) is 0. The predicted octanol–water partition coefficient (Wildman–Crippen LogP) is 5.99. The van der Waals surface area contributed by atoms with Gasteiger partial charge in [0, 0.05) is 13.8 Å². The summed E-state index contributed by atoms with van der Waals surface area (Å²) in [4.78, 5) is 49.9. The zero-order valence-corrected chi connectivity index (χ0v) is 21.9. The molecule has 5 aromatic rings. The van der Waals surface area contributed by atoms with E-state index in [1.54, 1.807) is 54.6 Å². The van der Waals surface area contributed by atoms with Gasteiger partial charge in [-0.05, 0) is 53.2 Å². The standard InChI is InChI=1S/C32H22O9/c1-18(33)38-25-14-5-3-11-22(25)31(36)40-27-16-8-10-21-17-20-9-7-13-24(35)28(20)30(29(21)27)41-32(37)23-12-4-6-15-26(23)39-19(2)34/h3-17,35H,1-2H3. The van der Waals surface area contributed by atoms with Crippen molar-refractivity contribution in [2.24, 2.45) is 0 Å². The molecule has 0 unspecified atom stereocenters. The van der Waals surface area contributed by atoms with Crippen molar-refractivity contribution in [3.05, 3.63) is 102 Å². The summed E-state index contributed by atoms with van der Waals surface area (Å²) in [5.74, 6) is -3.16. The Balaban J connectivity index is 1.66. The first-order valence-corrected chi connectivity index (χ1v) is 12.4. The van der Waals surface area contributed by atoms with Gasteiger partial charge in [-0.15, -0.1) is 0 Å². The van der Waals surface area contributed by atoms with Crippen molar-refractivity contribution >= 4 is 45.4 Å². The topological polar surface area (TPSA) is 125 Å². The van der Waals surface area contributed by atoms with E-state index in [1.807, 2.05) is 0 Å². The molecule has 0 aliphatic carbocycles. The normalized spacial score (nSPS) is 10.7. The van der Waals surface area contributed by atoms with Crippen LogP contribution in [0.2, 0.25) is 0 Å². The minimum absolute atomic E-state index is 0.00260. The second-order valence-corrected chi connectivity index (χ2v) is 8.89. The number of benzene rings is 5. The van der Waals surface area contributed by atoms with Crippen molar-refractivity contribution in [3.8, 4) is 28.7 Å². The SMILES string of the molecule is CC(=O)Oc1ccccc1C(=O)Oc1cccc2cc3cccc(O)c3c(OC(=O)c3ccccc3OC(C)=O)c12. The summed E-state index contributed by atoms with van der Waals surface area (Å²) in [6, 6.07) is 23.6. The van der Waals surface area contributed by atoms with Gasteiger partial charge in [-0.3, -0.25) is 9.59 Å². The second-order valence-electron chi connectivity index (χ2n) is 8.89. The van der Waals surface area contributed by atoms with Crippen LogP contribution in [0.5, 0.6) is 28.7 Å². The Bertz CT molecular complexity index is 1860. The van der Waals surface area contributed by atoms with E-state index in [0.29, 0.717) is 10.8 Å².